The van der Waals surface area contributed by atoms with Crippen LogP contribution in [-0.2, 0) is 26.0 Å². The molecule has 2 aliphatic heterocycles. The highest BCUT2D eigenvalue weighted by Gasteiger charge is 2.39. The van der Waals surface area contributed by atoms with E-state index in [0.717, 1.165) is 12.1 Å². The number of hydrogen-bond acceptors (Lipinski definition) is 6. The summed E-state index contributed by atoms with van der Waals surface area (Å²) in [5.74, 6) is -0.633. The first kappa shape index (κ1) is 22.7. The van der Waals surface area contributed by atoms with E-state index < -0.39 is 20.8 Å². The summed E-state index contributed by atoms with van der Waals surface area (Å²) in [7, 11) is -3.78. The molecule has 1 aromatic heterocycles. The summed E-state index contributed by atoms with van der Waals surface area (Å²) in [6.45, 7) is 4.78. The third-order valence-electron chi connectivity index (χ3n) is 6.04. The molecule has 1 aromatic carbocycles. The van der Waals surface area contributed by atoms with Crippen LogP contribution in [0, 0.1) is 12.8 Å². The standard InChI is InChI=1S/C21H26N4O5S2/c1-3-15-4-6-17(7-5-15)25-13-16(12-18(25)26)19(27)23-8-10-24(11-9-23)32(29,30)20-14(2)22-21(28)31-20/h4-7,16H,3,8-13H2,1-2H3,(H,22,28). The first-order valence-corrected chi connectivity index (χ1v) is 12.8. The Kier molecular flexibility index (Phi) is 6.24. The minimum Gasteiger partial charge on any atom is -0.340 e. The molecule has 11 heteroatoms. The summed E-state index contributed by atoms with van der Waals surface area (Å²) >= 11 is 0.679. The molecule has 2 aromatic rings. The number of carbonyl (C=O) groups is 2. The van der Waals surface area contributed by atoms with E-state index in [9.17, 15) is 22.8 Å². The van der Waals surface area contributed by atoms with Crippen molar-refractivity contribution in [3.8, 4) is 0 Å². The van der Waals surface area contributed by atoms with Gasteiger partial charge in [-0.25, -0.2) is 8.42 Å². The van der Waals surface area contributed by atoms with Crippen LogP contribution in [0.5, 0.6) is 0 Å². The predicted octanol–water partition coefficient (Wildman–Crippen LogP) is 1.19. The number of H-pyrrole nitrogens is 1. The Morgan fingerprint density at radius 3 is 2.34 bits per heavy atom. The molecule has 32 heavy (non-hydrogen) atoms. The summed E-state index contributed by atoms with van der Waals surface area (Å²) < 4.78 is 27.1. The molecule has 0 bridgehead atoms. The number of aromatic amines is 1. The monoisotopic (exact) mass is 478 g/mol. The number of anilines is 1. The number of sulfonamides is 1. The lowest BCUT2D eigenvalue weighted by molar-refractivity contribution is -0.136. The van der Waals surface area contributed by atoms with E-state index in [2.05, 4.69) is 11.9 Å². The number of aryl methyl sites for hydroxylation is 2. The van der Waals surface area contributed by atoms with Crippen molar-refractivity contribution in [1.29, 1.82) is 0 Å². The summed E-state index contributed by atoms with van der Waals surface area (Å²) in [4.78, 5) is 42.5. The van der Waals surface area contributed by atoms with Crippen molar-refractivity contribution >= 4 is 38.9 Å². The van der Waals surface area contributed by atoms with Gasteiger partial charge in [0.05, 0.1) is 5.92 Å². The SMILES string of the molecule is CCc1ccc(N2CC(C(=O)N3CCN(S(=O)(=O)c4sc(=O)[nH]c4C)CC3)CC2=O)cc1. The maximum atomic E-state index is 13.0. The van der Waals surface area contributed by atoms with E-state index in [-0.39, 0.29) is 48.6 Å². The summed E-state index contributed by atoms with van der Waals surface area (Å²) in [5.41, 5.74) is 2.30. The molecule has 1 N–H and O–H groups in total. The van der Waals surface area contributed by atoms with Crippen LogP contribution in [-0.4, -0.2) is 67.1 Å². The van der Waals surface area contributed by atoms with Gasteiger partial charge in [-0.05, 0) is 31.0 Å². The smallest absolute Gasteiger partial charge is 0.305 e. The van der Waals surface area contributed by atoms with Gasteiger partial charge >= 0.3 is 4.87 Å². The zero-order valence-electron chi connectivity index (χ0n) is 18.0. The van der Waals surface area contributed by atoms with Gasteiger partial charge in [0.25, 0.3) is 10.0 Å². The summed E-state index contributed by atoms with van der Waals surface area (Å²) in [5, 5.41) is 0. The molecule has 1 atom stereocenters. The Bertz CT molecular complexity index is 1180. The lowest BCUT2D eigenvalue weighted by Crippen LogP contribution is -2.52. The number of carbonyl (C=O) groups excluding carboxylic acids is 2. The Balaban J connectivity index is 1.39. The average molecular weight is 479 g/mol. The molecule has 1 unspecified atom stereocenters. The maximum Gasteiger partial charge on any atom is 0.305 e. The second kappa shape index (κ2) is 8.80. The van der Waals surface area contributed by atoms with Crippen LogP contribution in [0.25, 0.3) is 0 Å². The molecule has 172 valence electrons. The van der Waals surface area contributed by atoms with E-state index in [0.29, 0.717) is 23.6 Å². The number of thiazole rings is 1. The van der Waals surface area contributed by atoms with Crippen molar-refractivity contribution in [2.24, 2.45) is 5.92 Å². The van der Waals surface area contributed by atoms with Gasteiger partial charge in [-0.15, -0.1) is 0 Å². The zero-order chi connectivity index (χ0) is 23.0. The lowest BCUT2D eigenvalue weighted by atomic mass is 10.1. The Labute approximate surface area is 190 Å². The Hall–Kier alpha value is -2.50. The molecule has 2 amide bonds. The van der Waals surface area contributed by atoms with E-state index in [1.54, 1.807) is 16.7 Å². The van der Waals surface area contributed by atoms with Crippen LogP contribution in [0.15, 0.2) is 33.3 Å². The quantitative estimate of drug-likeness (QED) is 0.694. The molecule has 0 saturated carbocycles. The Morgan fingerprint density at radius 2 is 1.78 bits per heavy atom. The second-order valence-electron chi connectivity index (χ2n) is 8.08. The van der Waals surface area contributed by atoms with E-state index in [1.807, 2.05) is 24.3 Å². The third kappa shape index (κ3) is 4.24. The molecule has 2 saturated heterocycles. The van der Waals surface area contributed by atoms with E-state index in [1.165, 1.54) is 9.87 Å². The molecule has 4 rings (SSSR count). The number of benzene rings is 1. The van der Waals surface area contributed by atoms with Crippen LogP contribution < -0.4 is 9.77 Å². The topological polar surface area (TPSA) is 111 Å². The van der Waals surface area contributed by atoms with Crippen molar-refractivity contribution in [2.45, 2.75) is 30.9 Å². The number of amides is 2. The molecule has 2 fully saturated rings. The first-order chi connectivity index (χ1) is 15.2. The zero-order valence-corrected chi connectivity index (χ0v) is 19.7. The van der Waals surface area contributed by atoms with Crippen molar-refractivity contribution in [3.63, 3.8) is 0 Å². The van der Waals surface area contributed by atoms with Crippen molar-refractivity contribution in [2.75, 3.05) is 37.6 Å². The van der Waals surface area contributed by atoms with Gasteiger partial charge < -0.3 is 14.8 Å². The van der Waals surface area contributed by atoms with Gasteiger partial charge in [0.1, 0.15) is 0 Å². The number of nitrogens with one attached hydrogen (secondary N) is 1. The predicted molar refractivity (Wildman–Crippen MR) is 121 cm³/mol. The van der Waals surface area contributed by atoms with Gasteiger partial charge in [0, 0.05) is 50.5 Å². The van der Waals surface area contributed by atoms with Crippen LogP contribution in [0.1, 0.15) is 24.6 Å². The van der Waals surface area contributed by atoms with Gasteiger partial charge in [-0.2, -0.15) is 4.31 Å². The third-order valence-corrected chi connectivity index (χ3v) is 9.52. The number of nitrogens with zero attached hydrogens (tertiary/aromatic N) is 3. The van der Waals surface area contributed by atoms with E-state index in [4.69, 9.17) is 0 Å². The first-order valence-electron chi connectivity index (χ1n) is 10.6. The van der Waals surface area contributed by atoms with Crippen LogP contribution in [0.4, 0.5) is 5.69 Å². The molecular weight excluding hydrogens is 452 g/mol. The fraction of sp³-hybridized carbons (Fsp3) is 0.476. The van der Waals surface area contributed by atoms with Gasteiger partial charge in [-0.1, -0.05) is 30.4 Å². The fourth-order valence-corrected chi connectivity index (χ4v) is 7.05. The molecule has 9 nitrogen and oxygen atoms in total. The molecule has 0 aliphatic carbocycles. The number of rotatable bonds is 5. The van der Waals surface area contributed by atoms with Gasteiger partial charge in [0.15, 0.2) is 4.21 Å². The van der Waals surface area contributed by atoms with Crippen LogP contribution in [0.2, 0.25) is 0 Å². The second-order valence-corrected chi connectivity index (χ2v) is 11.2. The summed E-state index contributed by atoms with van der Waals surface area (Å²) in [6.07, 6.45) is 1.07. The minimum atomic E-state index is -3.78. The average Bonchev–Trinajstić information content (AvgIpc) is 3.35. The Morgan fingerprint density at radius 1 is 1.12 bits per heavy atom. The minimum absolute atomic E-state index is 0.0217. The largest absolute Gasteiger partial charge is 0.340 e. The van der Waals surface area contributed by atoms with Crippen LogP contribution >= 0.6 is 11.3 Å². The fourth-order valence-electron chi connectivity index (χ4n) is 4.19. The van der Waals surface area contributed by atoms with Crippen LogP contribution in [0.3, 0.4) is 0 Å². The maximum absolute atomic E-state index is 13.0. The molecule has 3 heterocycles. The van der Waals surface area contributed by atoms with Gasteiger partial charge in [0.2, 0.25) is 11.8 Å². The molecule has 0 spiro atoms. The number of piperazine rings is 1. The highest BCUT2D eigenvalue weighted by atomic mass is 32.2. The van der Waals surface area contributed by atoms with E-state index >= 15 is 0 Å². The number of hydrogen-bond donors (Lipinski definition) is 1. The molecular formula is C21H26N4O5S2. The van der Waals surface area contributed by atoms with Crippen molar-refractivity contribution in [3.05, 3.63) is 45.2 Å². The summed E-state index contributed by atoms with van der Waals surface area (Å²) in [6, 6.07) is 7.79. The van der Waals surface area contributed by atoms with Crippen molar-refractivity contribution < 1.29 is 18.0 Å². The van der Waals surface area contributed by atoms with Gasteiger partial charge in [-0.3, -0.25) is 14.4 Å². The molecule has 0 radical (unpaired) electrons. The van der Waals surface area contributed by atoms with Crippen molar-refractivity contribution in [1.82, 2.24) is 14.2 Å². The highest BCUT2D eigenvalue weighted by Crippen LogP contribution is 2.28. The highest BCUT2D eigenvalue weighted by molar-refractivity contribution is 7.91. The lowest BCUT2D eigenvalue weighted by Gasteiger charge is -2.35. The normalized spacial score (nSPS) is 20.2. The molecule has 2 aliphatic rings. The number of aromatic nitrogens is 1.